The van der Waals surface area contributed by atoms with Crippen molar-refractivity contribution in [1.29, 1.82) is 0 Å². The smallest absolute Gasteiger partial charge is 0.220 e. The Labute approximate surface area is 129 Å². The highest BCUT2D eigenvalue weighted by molar-refractivity contribution is 5.75. The normalized spacial score (nSPS) is 11.4. The fourth-order valence-electron chi connectivity index (χ4n) is 2.42. The van der Waals surface area contributed by atoms with Gasteiger partial charge >= 0.3 is 0 Å². The van der Waals surface area contributed by atoms with Crippen LogP contribution in [0.2, 0.25) is 0 Å². The highest BCUT2D eigenvalue weighted by Gasteiger charge is 2.19. The molecule has 0 aromatic heterocycles. The molecule has 1 aromatic carbocycles. The first kappa shape index (κ1) is 17.7. The van der Waals surface area contributed by atoms with E-state index in [1.54, 1.807) is 0 Å². The Morgan fingerprint density at radius 1 is 1.10 bits per heavy atom. The molecule has 21 heavy (non-hydrogen) atoms. The van der Waals surface area contributed by atoms with Crippen molar-refractivity contribution in [2.24, 2.45) is 11.1 Å². The van der Waals surface area contributed by atoms with E-state index >= 15 is 0 Å². The summed E-state index contributed by atoms with van der Waals surface area (Å²) in [5.41, 5.74) is 6.85. The van der Waals surface area contributed by atoms with Crippen molar-refractivity contribution in [1.82, 2.24) is 5.32 Å². The Hall–Kier alpha value is -1.35. The van der Waals surface area contributed by atoms with Crippen LogP contribution in [0, 0.1) is 5.41 Å². The van der Waals surface area contributed by atoms with Crippen LogP contribution in [-0.2, 0) is 11.2 Å². The quantitative estimate of drug-likeness (QED) is 0.650. The molecule has 0 aliphatic heterocycles. The monoisotopic (exact) mass is 290 g/mol. The van der Waals surface area contributed by atoms with Crippen molar-refractivity contribution < 1.29 is 4.79 Å². The van der Waals surface area contributed by atoms with E-state index in [4.69, 9.17) is 5.73 Å². The first-order chi connectivity index (χ1) is 10.0. The van der Waals surface area contributed by atoms with Crippen LogP contribution < -0.4 is 11.1 Å². The van der Waals surface area contributed by atoms with Crippen LogP contribution in [-0.4, -0.2) is 19.0 Å². The molecular weight excluding hydrogens is 260 g/mol. The molecule has 0 heterocycles. The fourth-order valence-corrected chi connectivity index (χ4v) is 2.42. The fraction of sp³-hybridized carbons (Fsp3) is 0.611. The molecule has 0 unspecified atom stereocenters. The molecule has 0 radical (unpaired) electrons. The number of rotatable bonds is 10. The molecule has 0 saturated heterocycles. The summed E-state index contributed by atoms with van der Waals surface area (Å²) in [5, 5.41) is 3.07. The Morgan fingerprint density at radius 3 is 2.43 bits per heavy atom. The van der Waals surface area contributed by atoms with Gasteiger partial charge in [-0.1, -0.05) is 57.0 Å². The summed E-state index contributed by atoms with van der Waals surface area (Å²) in [4.78, 5) is 11.8. The van der Waals surface area contributed by atoms with Crippen molar-refractivity contribution in [3.05, 3.63) is 35.9 Å². The molecular formula is C18H30N2O. The summed E-state index contributed by atoms with van der Waals surface area (Å²) < 4.78 is 0. The SMILES string of the molecule is CC(C)(CNC(=O)CCCCCCN)Cc1ccccc1. The van der Waals surface area contributed by atoms with Gasteiger partial charge in [0.05, 0.1) is 0 Å². The average molecular weight is 290 g/mol. The predicted molar refractivity (Wildman–Crippen MR) is 89.1 cm³/mol. The second-order valence-electron chi connectivity index (χ2n) is 6.56. The zero-order valence-corrected chi connectivity index (χ0v) is 13.5. The minimum atomic E-state index is 0.0799. The molecule has 1 amide bonds. The second kappa shape index (κ2) is 9.56. The molecule has 0 bridgehead atoms. The molecule has 0 spiro atoms. The second-order valence-corrected chi connectivity index (χ2v) is 6.56. The van der Waals surface area contributed by atoms with E-state index in [1.165, 1.54) is 5.56 Å². The average Bonchev–Trinajstić information content (AvgIpc) is 2.46. The summed E-state index contributed by atoms with van der Waals surface area (Å²) in [6, 6.07) is 10.4. The van der Waals surface area contributed by atoms with E-state index < -0.39 is 0 Å². The van der Waals surface area contributed by atoms with E-state index in [2.05, 4.69) is 43.4 Å². The van der Waals surface area contributed by atoms with E-state index in [-0.39, 0.29) is 11.3 Å². The van der Waals surface area contributed by atoms with Gasteiger partial charge in [-0.15, -0.1) is 0 Å². The number of unbranched alkanes of at least 4 members (excludes halogenated alkanes) is 3. The first-order valence-electron chi connectivity index (χ1n) is 8.04. The van der Waals surface area contributed by atoms with Crippen molar-refractivity contribution in [2.45, 2.75) is 52.4 Å². The summed E-state index contributed by atoms with van der Waals surface area (Å²) in [5.74, 6) is 0.170. The van der Waals surface area contributed by atoms with Gasteiger partial charge in [0, 0.05) is 13.0 Å². The Kier molecular flexibility index (Phi) is 8.06. The molecule has 0 aliphatic carbocycles. The number of hydrogen-bond acceptors (Lipinski definition) is 2. The van der Waals surface area contributed by atoms with E-state index in [0.29, 0.717) is 6.42 Å². The molecule has 0 aliphatic rings. The third-order valence-electron chi connectivity index (χ3n) is 3.65. The topological polar surface area (TPSA) is 55.1 Å². The summed E-state index contributed by atoms with van der Waals surface area (Å²) in [7, 11) is 0. The molecule has 1 rings (SSSR count). The minimum Gasteiger partial charge on any atom is -0.356 e. The number of carbonyl (C=O) groups excluding carboxylic acids is 1. The lowest BCUT2D eigenvalue weighted by Gasteiger charge is -2.25. The minimum absolute atomic E-state index is 0.0799. The van der Waals surface area contributed by atoms with Gasteiger partial charge in [0.15, 0.2) is 0 Å². The van der Waals surface area contributed by atoms with Crippen LogP contribution >= 0.6 is 0 Å². The molecule has 3 nitrogen and oxygen atoms in total. The standard InChI is InChI=1S/C18H30N2O/c1-18(2,14-16-10-6-5-7-11-16)15-20-17(21)12-8-3-4-9-13-19/h5-7,10-11H,3-4,8-9,12-15,19H2,1-2H3,(H,20,21). The highest BCUT2D eigenvalue weighted by Crippen LogP contribution is 2.20. The molecule has 0 saturated carbocycles. The molecule has 3 N–H and O–H groups in total. The van der Waals surface area contributed by atoms with Crippen LogP contribution in [0.25, 0.3) is 0 Å². The molecule has 118 valence electrons. The van der Waals surface area contributed by atoms with Gasteiger partial charge in [-0.05, 0) is 36.8 Å². The Balaban J connectivity index is 2.21. The highest BCUT2D eigenvalue weighted by atomic mass is 16.1. The van der Waals surface area contributed by atoms with Gasteiger partial charge in [-0.25, -0.2) is 0 Å². The van der Waals surface area contributed by atoms with Crippen LogP contribution in [0.4, 0.5) is 0 Å². The third kappa shape index (κ3) is 8.51. The zero-order chi connectivity index (χ0) is 15.6. The molecule has 0 fully saturated rings. The van der Waals surface area contributed by atoms with Crippen LogP contribution in [0.15, 0.2) is 30.3 Å². The van der Waals surface area contributed by atoms with E-state index in [9.17, 15) is 4.79 Å². The predicted octanol–water partition coefficient (Wildman–Crippen LogP) is 3.28. The summed E-state index contributed by atoms with van der Waals surface area (Å²) in [6.45, 7) is 5.87. The van der Waals surface area contributed by atoms with Crippen molar-refractivity contribution in [3.8, 4) is 0 Å². The maximum Gasteiger partial charge on any atom is 0.220 e. The number of nitrogens with one attached hydrogen (secondary N) is 1. The number of amides is 1. The lowest BCUT2D eigenvalue weighted by atomic mass is 9.85. The van der Waals surface area contributed by atoms with Crippen molar-refractivity contribution in [2.75, 3.05) is 13.1 Å². The lowest BCUT2D eigenvalue weighted by molar-refractivity contribution is -0.121. The van der Waals surface area contributed by atoms with Gasteiger partial charge in [0.1, 0.15) is 0 Å². The number of carbonyl (C=O) groups is 1. The van der Waals surface area contributed by atoms with Crippen LogP contribution in [0.5, 0.6) is 0 Å². The van der Waals surface area contributed by atoms with Crippen molar-refractivity contribution >= 4 is 5.91 Å². The Morgan fingerprint density at radius 2 is 1.76 bits per heavy atom. The number of benzene rings is 1. The lowest BCUT2D eigenvalue weighted by Crippen LogP contribution is -2.35. The van der Waals surface area contributed by atoms with Gasteiger partial charge in [-0.2, -0.15) is 0 Å². The number of nitrogens with two attached hydrogens (primary N) is 1. The maximum atomic E-state index is 11.8. The molecule has 1 aromatic rings. The van der Waals surface area contributed by atoms with Gasteiger partial charge in [0.2, 0.25) is 5.91 Å². The summed E-state index contributed by atoms with van der Waals surface area (Å²) in [6.07, 6.45) is 5.86. The van der Waals surface area contributed by atoms with Gasteiger partial charge in [-0.3, -0.25) is 4.79 Å². The van der Waals surface area contributed by atoms with Crippen molar-refractivity contribution in [3.63, 3.8) is 0 Å². The third-order valence-corrected chi connectivity index (χ3v) is 3.65. The van der Waals surface area contributed by atoms with Crippen LogP contribution in [0.1, 0.15) is 51.5 Å². The first-order valence-corrected chi connectivity index (χ1v) is 8.04. The van der Waals surface area contributed by atoms with E-state index in [0.717, 1.165) is 45.2 Å². The van der Waals surface area contributed by atoms with Gasteiger partial charge < -0.3 is 11.1 Å². The molecule has 0 atom stereocenters. The summed E-state index contributed by atoms with van der Waals surface area (Å²) >= 11 is 0. The van der Waals surface area contributed by atoms with Crippen LogP contribution in [0.3, 0.4) is 0 Å². The van der Waals surface area contributed by atoms with E-state index in [1.807, 2.05) is 6.07 Å². The maximum absolute atomic E-state index is 11.8. The zero-order valence-electron chi connectivity index (χ0n) is 13.5. The number of hydrogen-bond donors (Lipinski definition) is 2. The molecule has 3 heteroatoms. The Bertz CT molecular complexity index is 401. The largest absolute Gasteiger partial charge is 0.356 e. The van der Waals surface area contributed by atoms with Gasteiger partial charge in [0.25, 0.3) is 0 Å².